The van der Waals surface area contributed by atoms with Gasteiger partial charge in [0, 0.05) is 43.4 Å². The predicted octanol–water partition coefficient (Wildman–Crippen LogP) is 5.46. The molecule has 0 aliphatic carbocycles. The van der Waals surface area contributed by atoms with Gasteiger partial charge in [-0.2, -0.15) is 4.31 Å². The molecule has 0 aromatic heterocycles. The topological polar surface area (TPSA) is 98.2 Å². The van der Waals surface area contributed by atoms with Crippen LogP contribution in [0.25, 0.3) is 0 Å². The van der Waals surface area contributed by atoms with Gasteiger partial charge in [-0.3, -0.25) is 4.79 Å². The van der Waals surface area contributed by atoms with Crippen molar-refractivity contribution in [1.29, 1.82) is 0 Å². The predicted molar refractivity (Wildman–Crippen MR) is 148 cm³/mol. The summed E-state index contributed by atoms with van der Waals surface area (Å²) in [6, 6.07) is 14.5. The first-order chi connectivity index (χ1) is 18.6. The van der Waals surface area contributed by atoms with E-state index < -0.39 is 26.5 Å². The molecule has 3 aromatic carbocycles. The highest BCUT2D eigenvalue weighted by Gasteiger charge is 2.30. The Kier molecular flexibility index (Phi) is 9.51. The van der Waals surface area contributed by atoms with Gasteiger partial charge in [-0.25, -0.2) is 12.8 Å². The van der Waals surface area contributed by atoms with Crippen LogP contribution in [0, 0.1) is 11.7 Å². The Hall–Kier alpha value is -2.69. The number of hydrogen-bond donors (Lipinski definition) is 2. The average Bonchev–Trinajstić information content (AvgIpc) is 2.92. The molecule has 1 aliphatic rings. The van der Waals surface area contributed by atoms with E-state index >= 15 is 0 Å². The number of hydrogen-bond acceptors (Lipinski definition) is 5. The number of piperidine rings is 1. The molecule has 1 amide bonds. The van der Waals surface area contributed by atoms with Gasteiger partial charge in [0.1, 0.15) is 10.7 Å². The minimum absolute atomic E-state index is 0.0429. The fourth-order valence-electron chi connectivity index (χ4n) is 4.64. The highest BCUT2D eigenvalue weighted by atomic mass is 35.5. The zero-order valence-electron chi connectivity index (χ0n) is 21.1. The largest absolute Gasteiger partial charge is 0.505 e. The zero-order valence-corrected chi connectivity index (χ0v) is 23.4. The molecule has 11 heteroatoms. The molecule has 4 rings (SSSR count). The highest BCUT2D eigenvalue weighted by molar-refractivity contribution is 7.89. The average molecular weight is 596 g/mol. The number of phenols is 1. The summed E-state index contributed by atoms with van der Waals surface area (Å²) in [4.78, 5) is 14.3. The van der Waals surface area contributed by atoms with Crippen LogP contribution in [-0.4, -0.2) is 53.4 Å². The highest BCUT2D eigenvalue weighted by Crippen LogP contribution is 2.36. The molecule has 7 nitrogen and oxygen atoms in total. The number of carbonyl (C=O) groups is 1. The maximum absolute atomic E-state index is 13.7. The van der Waals surface area contributed by atoms with Crippen molar-refractivity contribution in [2.45, 2.75) is 37.2 Å². The first-order valence-corrected chi connectivity index (χ1v) is 14.7. The number of carbonyl (C=O) groups excluding carboxylic acids is 1. The Morgan fingerprint density at radius 2 is 1.54 bits per heavy atom. The van der Waals surface area contributed by atoms with Crippen LogP contribution in [-0.2, 0) is 23.1 Å². The first-order valence-electron chi connectivity index (χ1n) is 12.5. The van der Waals surface area contributed by atoms with Crippen molar-refractivity contribution in [1.82, 2.24) is 9.21 Å². The molecule has 1 aliphatic heterocycles. The number of benzene rings is 3. The molecule has 3 aromatic rings. The van der Waals surface area contributed by atoms with Crippen molar-refractivity contribution < 1.29 is 27.8 Å². The quantitative estimate of drug-likeness (QED) is 0.342. The number of phenolic OH excluding ortho intramolecular Hbond substituents is 1. The Balaban J connectivity index is 1.57. The van der Waals surface area contributed by atoms with Crippen molar-refractivity contribution in [3.8, 4) is 5.75 Å². The summed E-state index contributed by atoms with van der Waals surface area (Å²) in [5, 5.41) is 19.4. The van der Waals surface area contributed by atoms with E-state index in [0.717, 1.165) is 29.6 Å². The maximum Gasteiger partial charge on any atom is 0.253 e. The number of halogens is 3. The normalized spacial score (nSPS) is 14.6. The van der Waals surface area contributed by atoms with Crippen molar-refractivity contribution in [2.75, 3.05) is 19.7 Å². The standard InChI is InChI=1S/C28H29Cl2FN2O5S/c29-23-15-25(30)27(35)26(16-23)39(37,38)33(18-21-3-7-24(31)8-4-21)17-20-1-5-22(6-2-20)28(36)32-12-9-19(10-13-32)11-14-34/h1-8,15-16,19,34-35H,9-14,17-18H2. The molecule has 0 atom stereocenters. The minimum atomic E-state index is -4.31. The maximum atomic E-state index is 13.7. The van der Waals surface area contributed by atoms with Gasteiger partial charge in [-0.05, 0) is 72.7 Å². The molecule has 2 N–H and O–H groups in total. The number of rotatable bonds is 9. The number of likely N-dealkylation sites (tertiary alicyclic amines) is 1. The van der Waals surface area contributed by atoms with Crippen LogP contribution < -0.4 is 0 Å². The van der Waals surface area contributed by atoms with Gasteiger partial charge in [-0.1, -0.05) is 47.5 Å². The van der Waals surface area contributed by atoms with Gasteiger partial charge < -0.3 is 15.1 Å². The van der Waals surface area contributed by atoms with Gasteiger partial charge in [0.25, 0.3) is 5.91 Å². The number of sulfonamides is 1. The fourth-order valence-corrected chi connectivity index (χ4v) is 6.80. The molecule has 1 saturated heterocycles. The molecule has 1 fully saturated rings. The summed E-state index contributed by atoms with van der Waals surface area (Å²) in [7, 11) is -4.31. The van der Waals surface area contributed by atoms with Crippen molar-refractivity contribution in [3.63, 3.8) is 0 Å². The van der Waals surface area contributed by atoms with Crippen LogP contribution in [0.5, 0.6) is 5.75 Å². The van der Waals surface area contributed by atoms with E-state index in [9.17, 15) is 22.7 Å². The molecule has 0 bridgehead atoms. The molecule has 0 spiro atoms. The van der Waals surface area contributed by atoms with Crippen molar-refractivity contribution in [3.05, 3.63) is 93.2 Å². The zero-order chi connectivity index (χ0) is 28.2. The third-order valence-electron chi connectivity index (χ3n) is 6.88. The van der Waals surface area contributed by atoms with Crippen LogP contribution >= 0.6 is 23.2 Å². The van der Waals surface area contributed by atoms with E-state index in [-0.39, 0.29) is 35.6 Å². The van der Waals surface area contributed by atoms with Crippen LogP contribution in [0.1, 0.15) is 40.7 Å². The second-order valence-corrected chi connectivity index (χ2v) is 12.3. The first kappa shape index (κ1) is 29.3. The molecule has 0 radical (unpaired) electrons. The van der Waals surface area contributed by atoms with E-state index in [1.54, 1.807) is 29.2 Å². The van der Waals surface area contributed by atoms with Crippen molar-refractivity contribution in [2.24, 2.45) is 5.92 Å². The summed E-state index contributed by atoms with van der Waals surface area (Å²) in [5.74, 6) is -0.748. The summed E-state index contributed by atoms with van der Waals surface area (Å²) >= 11 is 12.0. The van der Waals surface area contributed by atoms with Crippen molar-refractivity contribution >= 4 is 39.1 Å². The number of aliphatic hydroxyl groups is 1. The smallest absolute Gasteiger partial charge is 0.253 e. The van der Waals surface area contributed by atoms with E-state index in [1.807, 2.05) is 0 Å². The number of aromatic hydroxyl groups is 1. The third kappa shape index (κ3) is 7.10. The second-order valence-electron chi connectivity index (χ2n) is 9.58. The number of amides is 1. The van der Waals surface area contributed by atoms with E-state index in [2.05, 4.69) is 0 Å². The molecular weight excluding hydrogens is 566 g/mol. The van der Waals surface area contributed by atoms with E-state index in [1.165, 1.54) is 30.3 Å². The van der Waals surface area contributed by atoms with E-state index in [4.69, 9.17) is 28.3 Å². The monoisotopic (exact) mass is 594 g/mol. The molecule has 0 unspecified atom stereocenters. The van der Waals surface area contributed by atoms with E-state index in [0.29, 0.717) is 35.7 Å². The summed E-state index contributed by atoms with van der Waals surface area (Å²) < 4.78 is 42.0. The Labute approximate surface area is 237 Å². The Morgan fingerprint density at radius 1 is 0.974 bits per heavy atom. The molecule has 39 heavy (non-hydrogen) atoms. The summed E-state index contributed by atoms with van der Waals surface area (Å²) in [6.45, 7) is 1.19. The lowest BCUT2D eigenvalue weighted by atomic mass is 9.93. The van der Waals surface area contributed by atoms with Gasteiger partial charge in [0.05, 0.1) is 5.02 Å². The second kappa shape index (κ2) is 12.7. The van der Waals surface area contributed by atoms with Crippen LogP contribution in [0.15, 0.2) is 65.6 Å². The molecular formula is C28H29Cl2FN2O5S. The number of aliphatic hydroxyl groups excluding tert-OH is 1. The Bertz CT molecular complexity index is 1410. The summed E-state index contributed by atoms with van der Waals surface area (Å²) in [5.41, 5.74) is 1.63. The van der Waals surface area contributed by atoms with Gasteiger partial charge >= 0.3 is 0 Å². The number of nitrogens with zero attached hydrogens (tertiary/aromatic N) is 2. The SMILES string of the molecule is O=C(c1ccc(CN(Cc2ccc(F)cc2)S(=O)(=O)c2cc(Cl)cc(Cl)c2O)cc1)N1CCC(CCO)CC1. The van der Waals surface area contributed by atoms with Crippen LogP contribution in [0.3, 0.4) is 0 Å². The Morgan fingerprint density at radius 3 is 2.10 bits per heavy atom. The lowest BCUT2D eigenvalue weighted by Gasteiger charge is -2.32. The van der Waals surface area contributed by atoms with Crippen LogP contribution in [0.4, 0.5) is 4.39 Å². The lowest BCUT2D eigenvalue weighted by molar-refractivity contribution is 0.0678. The van der Waals surface area contributed by atoms with Gasteiger partial charge in [-0.15, -0.1) is 0 Å². The lowest BCUT2D eigenvalue weighted by Crippen LogP contribution is -2.38. The van der Waals surface area contributed by atoms with Crippen LogP contribution in [0.2, 0.25) is 10.0 Å². The third-order valence-corrected chi connectivity index (χ3v) is 9.19. The molecule has 208 valence electrons. The van der Waals surface area contributed by atoms with Gasteiger partial charge in [0.2, 0.25) is 10.0 Å². The van der Waals surface area contributed by atoms with Gasteiger partial charge in [0.15, 0.2) is 5.75 Å². The molecule has 0 saturated carbocycles. The minimum Gasteiger partial charge on any atom is -0.505 e. The summed E-state index contributed by atoms with van der Waals surface area (Å²) in [6.07, 6.45) is 2.44. The molecule has 1 heterocycles. The fraction of sp³-hybridized carbons (Fsp3) is 0.321.